The molecule has 0 spiro atoms. The SMILES string of the molecule is CCn1c(-c2cc(N3CCN(C4CC4)CC3)cnc2[C@H](C)OC)c(CC(C)(C)COC(=O)C2CCCNN2)c2cc(C3=CCCN(C[C@@H](C=O)NC(=O)OC(C)(C)C)C3)ccc21. The molecule has 1 saturated carbocycles. The van der Waals surface area contributed by atoms with Gasteiger partial charge in [0, 0.05) is 93.9 Å². The number of aromatic nitrogens is 2. The zero-order chi connectivity index (χ0) is 44.2. The molecule has 7 rings (SSSR count). The second-order valence-corrected chi connectivity index (χ2v) is 19.4. The number of hydrazine groups is 1. The third-order valence-electron chi connectivity index (χ3n) is 12.7. The van der Waals surface area contributed by atoms with Gasteiger partial charge < -0.3 is 33.8 Å². The van der Waals surface area contributed by atoms with Crippen molar-refractivity contribution in [3.05, 3.63) is 53.4 Å². The average molecular weight is 855 g/mol. The van der Waals surface area contributed by atoms with Crippen LogP contribution in [0.4, 0.5) is 10.5 Å². The van der Waals surface area contributed by atoms with E-state index in [0.29, 0.717) is 19.5 Å². The Morgan fingerprint density at radius 1 is 1.05 bits per heavy atom. The van der Waals surface area contributed by atoms with Gasteiger partial charge in [0.2, 0.25) is 0 Å². The quantitative estimate of drug-likeness (QED) is 0.111. The first-order valence-corrected chi connectivity index (χ1v) is 22.9. The van der Waals surface area contributed by atoms with Crippen LogP contribution in [-0.2, 0) is 36.8 Å². The van der Waals surface area contributed by atoms with E-state index in [-0.39, 0.29) is 24.7 Å². The molecule has 4 aliphatic rings. The highest BCUT2D eigenvalue weighted by Gasteiger charge is 2.34. The van der Waals surface area contributed by atoms with Gasteiger partial charge >= 0.3 is 12.1 Å². The summed E-state index contributed by atoms with van der Waals surface area (Å²) in [5, 5.41) is 3.89. The normalized spacial score (nSPS) is 20.4. The molecule has 338 valence electrons. The number of nitrogens with one attached hydrogen (secondary N) is 3. The van der Waals surface area contributed by atoms with Gasteiger partial charge in [-0.25, -0.2) is 10.2 Å². The van der Waals surface area contributed by atoms with Gasteiger partial charge in [0.05, 0.1) is 36.0 Å². The number of ether oxygens (including phenoxy) is 3. The van der Waals surface area contributed by atoms with Gasteiger partial charge in [0.15, 0.2) is 0 Å². The number of nitrogens with zero attached hydrogens (tertiary/aromatic N) is 5. The monoisotopic (exact) mass is 855 g/mol. The smallest absolute Gasteiger partial charge is 0.408 e. The van der Waals surface area contributed by atoms with E-state index in [0.717, 1.165) is 117 Å². The first-order chi connectivity index (χ1) is 29.7. The summed E-state index contributed by atoms with van der Waals surface area (Å²) in [5.74, 6) is -0.231. The van der Waals surface area contributed by atoms with Crippen LogP contribution in [0.3, 0.4) is 0 Å². The minimum Gasteiger partial charge on any atom is -0.464 e. The lowest BCUT2D eigenvalue weighted by atomic mass is 9.84. The minimum atomic E-state index is -0.698. The Morgan fingerprint density at radius 3 is 2.48 bits per heavy atom. The molecule has 0 bridgehead atoms. The van der Waals surface area contributed by atoms with Crippen molar-refractivity contribution in [3.8, 4) is 11.3 Å². The summed E-state index contributed by atoms with van der Waals surface area (Å²) in [6.07, 6.45) is 10.00. The van der Waals surface area contributed by atoms with Gasteiger partial charge in [-0.3, -0.25) is 25.0 Å². The van der Waals surface area contributed by atoms with Crippen molar-refractivity contribution in [2.24, 2.45) is 5.41 Å². The fraction of sp³-hybridized carbons (Fsp3) is 0.625. The molecule has 62 heavy (non-hydrogen) atoms. The second-order valence-electron chi connectivity index (χ2n) is 19.4. The summed E-state index contributed by atoms with van der Waals surface area (Å²) in [6, 6.07) is 8.79. The van der Waals surface area contributed by atoms with Crippen molar-refractivity contribution >= 4 is 40.5 Å². The zero-order valence-corrected chi connectivity index (χ0v) is 38.4. The number of amides is 1. The Balaban J connectivity index is 1.25. The fourth-order valence-corrected chi connectivity index (χ4v) is 9.25. The Labute approximate surface area is 368 Å². The lowest BCUT2D eigenvalue weighted by molar-refractivity contribution is -0.150. The standard InChI is InChI=1S/C48H70N8O6/c1-9-56-42-17-14-33(34-12-11-19-53(28-34)29-35(30-57)51-46(59)62-47(3,4)5)24-38(42)40(26-48(6,7)31-61-45(58)41-13-10-18-50-52-41)44(56)39-25-37(27-49-43(39)32(2)60-8)55-22-20-54(21-23-55)36-15-16-36/h12,14,17,24-25,27,30,32,35-36,41,50,52H,9-11,13,15-16,18-23,26,28-29,31H2,1-8H3,(H,51,59)/t32-,35-,41?/m0/s1. The molecule has 1 aromatic carbocycles. The van der Waals surface area contributed by atoms with Crippen molar-refractivity contribution in [3.63, 3.8) is 0 Å². The summed E-state index contributed by atoms with van der Waals surface area (Å²) < 4.78 is 19.9. The number of fused-ring (bicyclic) bond motifs is 1. The molecule has 3 aromatic rings. The Bertz CT molecular complexity index is 2090. The molecule has 1 amide bonds. The molecule has 3 fully saturated rings. The first-order valence-electron chi connectivity index (χ1n) is 22.9. The van der Waals surface area contributed by atoms with E-state index < -0.39 is 23.2 Å². The van der Waals surface area contributed by atoms with Crippen LogP contribution >= 0.6 is 0 Å². The van der Waals surface area contributed by atoms with Gasteiger partial charge in [-0.2, -0.15) is 0 Å². The predicted octanol–water partition coefficient (Wildman–Crippen LogP) is 6.26. The molecule has 3 atom stereocenters. The third-order valence-corrected chi connectivity index (χ3v) is 12.7. The molecule has 14 nitrogen and oxygen atoms in total. The Kier molecular flexibility index (Phi) is 14.4. The molecular formula is C48H70N8O6. The minimum absolute atomic E-state index is 0.231. The number of hydrogen-bond donors (Lipinski definition) is 3. The second kappa shape index (κ2) is 19.6. The van der Waals surface area contributed by atoms with Crippen LogP contribution in [0.2, 0.25) is 0 Å². The van der Waals surface area contributed by atoms with Crippen molar-refractivity contribution in [1.29, 1.82) is 0 Å². The number of pyridine rings is 1. The third kappa shape index (κ3) is 11.1. The highest BCUT2D eigenvalue weighted by molar-refractivity contribution is 5.95. The van der Waals surface area contributed by atoms with Gasteiger partial charge in [0.25, 0.3) is 0 Å². The van der Waals surface area contributed by atoms with Gasteiger partial charge in [-0.05, 0) is 108 Å². The number of rotatable bonds is 16. The number of esters is 1. The topological polar surface area (TPSA) is 143 Å². The number of aryl methyl sites for hydroxylation is 1. The maximum absolute atomic E-state index is 13.3. The number of methoxy groups -OCH3 is 1. The molecule has 2 aromatic heterocycles. The largest absolute Gasteiger partial charge is 0.464 e. The number of carbonyl (C=O) groups is 3. The highest BCUT2D eigenvalue weighted by Crippen LogP contribution is 2.43. The molecular weight excluding hydrogens is 785 g/mol. The van der Waals surface area contributed by atoms with E-state index in [9.17, 15) is 14.4 Å². The number of alkyl carbamates (subject to hydrolysis) is 1. The zero-order valence-electron chi connectivity index (χ0n) is 38.4. The van der Waals surface area contributed by atoms with E-state index >= 15 is 0 Å². The molecule has 0 radical (unpaired) electrons. The summed E-state index contributed by atoms with van der Waals surface area (Å²) >= 11 is 0. The highest BCUT2D eigenvalue weighted by atomic mass is 16.6. The molecule has 3 aliphatic heterocycles. The van der Waals surface area contributed by atoms with E-state index in [1.807, 2.05) is 6.20 Å². The summed E-state index contributed by atoms with van der Waals surface area (Å²) in [6.45, 7) is 21.7. The van der Waals surface area contributed by atoms with Gasteiger partial charge in [-0.15, -0.1) is 0 Å². The number of piperazine rings is 1. The van der Waals surface area contributed by atoms with E-state index in [4.69, 9.17) is 19.2 Å². The van der Waals surface area contributed by atoms with Crippen molar-refractivity contribution in [2.45, 2.75) is 123 Å². The van der Waals surface area contributed by atoms with Crippen molar-refractivity contribution < 1.29 is 28.6 Å². The summed E-state index contributed by atoms with van der Waals surface area (Å²) in [7, 11) is 1.74. The summed E-state index contributed by atoms with van der Waals surface area (Å²) in [5.41, 5.74) is 13.9. The molecule has 3 N–H and O–H groups in total. The maximum atomic E-state index is 13.3. The molecule has 1 unspecified atom stereocenters. The molecule has 1 aliphatic carbocycles. The van der Waals surface area contributed by atoms with E-state index in [2.05, 4.69) is 93.5 Å². The number of anilines is 1. The van der Waals surface area contributed by atoms with Crippen LogP contribution in [0.1, 0.15) is 103 Å². The van der Waals surface area contributed by atoms with Crippen LogP contribution < -0.4 is 21.1 Å². The van der Waals surface area contributed by atoms with Crippen LogP contribution in [-0.4, -0.2) is 128 Å². The van der Waals surface area contributed by atoms with Crippen LogP contribution in [0.5, 0.6) is 0 Å². The number of benzene rings is 1. The Hall–Kier alpha value is -4.34. The van der Waals surface area contributed by atoms with E-state index in [1.54, 1.807) is 27.9 Å². The number of aldehydes is 1. The lowest BCUT2D eigenvalue weighted by Gasteiger charge is -2.36. The fourth-order valence-electron chi connectivity index (χ4n) is 9.25. The van der Waals surface area contributed by atoms with Gasteiger partial charge in [0.1, 0.15) is 24.0 Å². The van der Waals surface area contributed by atoms with Crippen LogP contribution in [0.25, 0.3) is 27.7 Å². The molecule has 2 saturated heterocycles. The van der Waals surface area contributed by atoms with Crippen molar-refractivity contribution in [1.82, 2.24) is 35.5 Å². The molecule has 14 heteroatoms. The number of carbonyl (C=O) groups excluding carboxylic acids is 3. The Morgan fingerprint density at radius 2 is 1.82 bits per heavy atom. The van der Waals surface area contributed by atoms with Crippen LogP contribution in [0, 0.1) is 5.41 Å². The number of hydrogen-bond acceptors (Lipinski definition) is 12. The average Bonchev–Trinajstić information content (AvgIpc) is 4.07. The van der Waals surface area contributed by atoms with Gasteiger partial charge in [-0.1, -0.05) is 26.0 Å². The maximum Gasteiger partial charge on any atom is 0.408 e. The first kappa shape index (κ1) is 45.7. The lowest BCUT2D eigenvalue weighted by Crippen LogP contribution is -2.50. The van der Waals surface area contributed by atoms with Crippen molar-refractivity contribution in [2.75, 3.05) is 71.0 Å². The van der Waals surface area contributed by atoms with E-state index in [1.165, 1.54) is 24.0 Å². The summed E-state index contributed by atoms with van der Waals surface area (Å²) in [4.78, 5) is 50.5. The predicted molar refractivity (Wildman–Crippen MR) is 244 cm³/mol. The molecule has 5 heterocycles. The van der Waals surface area contributed by atoms with Crippen LogP contribution in [0.15, 0.2) is 36.5 Å².